The molecule has 138 valence electrons. The fourth-order valence-electron chi connectivity index (χ4n) is 2.85. The lowest BCUT2D eigenvalue weighted by Gasteiger charge is -2.30. The van der Waals surface area contributed by atoms with E-state index in [0.717, 1.165) is 30.2 Å². The molecular weight excluding hydrogens is 330 g/mol. The van der Waals surface area contributed by atoms with Crippen LogP contribution in [0.3, 0.4) is 0 Å². The molecule has 1 aromatic heterocycles. The molecular formula is C19H25N5O2. The van der Waals surface area contributed by atoms with Crippen molar-refractivity contribution in [2.24, 2.45) is 0 Å². The molecule has 0 bridgehead atoms. The van der Waals surface area contributed by atoms with E-state index in [1.165, 1.54) is 0 Å². The minimum absolute atomic E-state index is 0.190. The van der Waals surface area contributed by atoms with Crippen LogP contribution >= 0.6 is 0 Å². The molecule has 1 saturated heterocycles. The molecule has 1 aromatic carbocycles. The average molecular weight is 355 g/mol. The Bertz CT molecular complexity index is 772. The molecule has 2 aromatic rings. The number of anilines is 3. The quantitative estimate of drug-likeness (QED) is 0.858. The number of carbonyl (C=O) groups excluding carboxylic acids is 1. The molecule has 0 saturated carbocycles. The number of benzene rings is 1. The van der Waals surface area contributed by atoms with Crippen LogP contribution in [0.15, 0.2) is 30.3 Å². The Balaban J connectivity index is 1.81. The summed E-state index contributed by atoms with van der Waals surface area (Å²) >= 11 is 0. The zero-order chi connectivity index (χ0) is 18.5. The topological polar surface area (TPSA) is 79.4 Å². The molecule has 2 N–H and O–H groups in total. The van der Waals surface area contributed by atoms with Gasteiger partial charge in [0.2, 0.25) is 5.95 Å². The van der Waals surface area contributed by atoms with Gasteiger partial charge in [-0.05, 0) is 39.0 Å². The van der Waals surface area contributed by atoms with Gasteiger partial charge in [-0.2, -0.15) is 0 Å². The number of para-hydroxylation sites is 2. The summed E-state index contributed by atoms with van der Waals surface area (Å²) in [6.45, 7) is 8.86. The van der Waals surface area contributed by atoms with E-state index in [-0.39, 0.29) is 11.9 Å². The van der Waals surface area contributed by atoms with E-state index >= 15 is 0 Å². The molecule has 0 unspecified atom stereocenters. The summed E-state index contributed by atoms with van der Waals surface area (Å²) in [5, 5.41) is 6.14. The van der Waals surface area contributed by atoms with Gasteiger partial charge in [0.15, 0.2) is 0 Å². The van der Waals surface area contributed by atoms with Gasteiger partial charge in [-0.25, -0.2) is 9.97 Å². The standard InChI is InChI=1S/C19H25N5O2/c1-13(2)20-19-21-14(3)12-16(23-19)18(25)22-15-6-4-5-7-17(15)24-8-10-26-11-9-24/h4-7,12-13H,8-11H2,1-3H3,(H,22,25)(H,20,21,23). The molecule has 1 fully saturated rings. The number of nitrogens with one attached hydrogen (secondary N) is 2. The normalized spacial score (nSPS) is 14.4. The Hall–Kier alpha value is -2.67. The molecule has 0 atom stereocenters. The van der Waals surface area contributed by atoms with Gasteiger partial charge < -0.3 is 20.3 Å². The highest BCUT2D eigenvalue weighted by Gasteiger charge is 2.17. The van der Waals surface area contributed by atoms with Crippen molar-refractivity contribution in [2.75, 3.05) is 41.8 Å². The average Bonchev–Trinajstić information content (AvgIpc) is 2.62. The van der Waals surface area contributed by atoms with Crippen LogP contribution in [0.4, 0.5) is 17.3 Å². The third kappa shape index (κ3) is 4.49. The highest BCUT2D eigenvalue weighted by atomic mass is 16.5. The van der Waals surface area contributed by atoms with E-state index in [1.54, 1.807) is 6.07 Å². The molecule has 0 aliphatic carbocycles. The summed E-state index contributed by atoms with van der Waals surface area (Å²) in [6, 6.07) is 9.69. The van der Waals surface area contributed by atoms with Crippen LogP contribution in [0.2, 0.25) is 0 Å². The van der Waals surface area contributed by atoms with Gasteiger partial charge >= 0.3 is 0 Å². The molecule has 7 nitrogen and oxygen atoms in total. The zero-order valence-electron chi connectivity index (χ0n) is 15.5. The molecule has 0 radical (unpaired) electrons. The first-order chi connectivity index (χ1) is 12.5. The van der Waals surface area contributed by atoms with E-state index in [0.29, 0.717) is 24.9 Å². The Labute approximate surface area is 153 Å². The molecule has 0 spiro atoms. The molecule has 7 heteroatoms. The van der Waals surface area contributed by atoms with Gasteiger partial charge in [0.05, 0.1) is 24.6 Å². The smallest absolute Gasteiger partial charge is 0.274 e. The fraction of sp³-hybridized carbons (Fsp3) is 0.421. The number of ether oxygens (including phenoxy) is 1. The summed E-state index contributed by atoms with van der Waals surface area (Å²) < 4.78 is 5.42. The van der Waals surface area contributed by atoms with Crippen molar-refractivity contribution < 1.29 is 9.53 Å². The number of aryl methyl sites for hydroxylation is 1. The third-order valence-corrected chi connectivity index (χ3v) is 4.01. The van der Waals surface area contributed by atoms with Gasteiger partial charge in [-0.1, -0.05) is 12.1 Å². The maximum Gasteiger partial charge on any atom is 0.274 e. The minimum atomic E-state index is -0.247. The van der Waals surface area contributed by atoms with Crippen molar-refractivity contribution in [3.8, 4) is 0 Å². The Morgan fingerprint density at radius 1 is 1.19 bits per heavy atom. The Morgan fingerprint density at radius 3 is 2.65 bits per heavy atom. The molecule has 1 aliphatic heterocycles. The van der Waals surface area contributed by atoms with Gasteiger partial charge in [-0.15, -0.1) is 0 Å². The molecule has 2 heterocycles. The van der Waals surface area contributed by atoms with Crippen LogP contribution in [0, 0.1) is 6.92 Å². The van der Waals surface area contributed by atoms with E-state index in [9.17, 15) is 4.79 Å². The monoisotopic (exact) mass is 355 g/mol. The van der Waals surface area contributed by atoms with Crippen molar-refractivity contribution in [3.05, 3.63) is 41.7 Å². The second kappa shape index (κ2) is 8.14. The zero-order valence-corrected chi connectivity index (χ0v) is 15.5. The van der Waals surface area contributed by atoms with E-state index < -0.39 is 0 Å². The molecule has 1 amide bonds. The molecule has 1 aliphatic rings. The first-order valence-electron chi connectivity index (χ1n) is 8.88. The predicted octanol–water partition coefficient (Wildman–Crippen LogP) is 2.69. The summed E-state index contributed by atoms with van der Waals surface area (Å²) in [7, 11) is 0. The summed E-state index contributed by atoms with van der Waals surface area (Å²) in [5.41, 5.74) is 2.86. The number of hydrogen-bond donors (Lipinski definition) is 2. The number of morpholine rings is 1. The first-order valence-corrected chi connectivity index (χ1v) is 8.88. The summed E-state index contributed by atoms with van der Waals surface area (Å²) in [5.74, 6) is 0.217. The van der Waals surface area contributed by atoms with E-state index in [2.05, 4.69) is 25.5 Å². The van der Waals surface area contributed by atoms with Gasteiger partial charge in [-0.3, -0.25) is 4.79 Å². The van der Waals surface area contributed by atoms with Gasteiger partial charge in [0.25, 0.3) is 5.91 Å². The number of rotatable bonds is 5. The minimum Gasteiger partial charge on any atom is -0.378 e. The lowest BCUT2D eigenvalue weighted by molar-refractivity contribution is 0.102. The van der Waals surface area contributed by atoms with Gasteiger partial charge in [0.1, 0.15) is 5.69 Å². The fourth-order valence-corrected chi connectivity index (χ4v) is 2.85. The summed E-state index contributed by atoms with van der Waals surface area (Å²) in [4.78, 5) is 23.7. The second-order valence-corrected chi connectivity index (χ2v) is 6.59. The number of hydrogen-bond acceptors (Lipinski definition) is 6. The second-order valence-electron chi connectivity index (χ2n) is 6.59. The van der Waals surface area contributed by atoms with E-state index in [4.69, 9.17) is 4.74 Å². The highest BCUT2D eigenvalue weighted by molar-refractivity contribution is 6.04. The van der Waals surface area contributed by atoms with Crippen LogP contribution in [0.1, 0.15) is 30.0 Å². The lowest BCUT2D eigenvalue weighted by Crippen LogP contribution is -2.36. The Morgan fingerprint density at radius 2 is 1.92 bits per heavy atom. The van der Waals surface area contributed by atoms with Crippen molar-refractivity contribution in [3.63, 3.8) is 0 Å². The largest absolute Gasteiger partial charge is 0.378 e. The number of nitrogens with zero attached hydrogens (tertiary/aromatic N) is 3. The van der Waals surface area contributed by atoms with Crippen LogP contribution in [0.25, 0.3) is 0 Å². The van der Waals surface area contributed by atoms with Crippen molar-refractivity contribution in [1.29, 1.82) is 0 Å². The maximum absolute atomic E-state index is 12.8. The number of amides is 1. The predicted molar refractivity (Wildman–Crippen MR) is 103 cm³/mol. The molecule has 3 rings (SSSR count). The third-order valence-electron chi connectivity index (χ3n) is 4.01. The van der Waals surface area contributed by atoms with Gasteiger partial charge in [0, 0.05) is 24.8 Å². The maximum atomic E-state index is 12.8. The van der Waals surface area contributed by atoms with Crippen LogP contribution in [-0.4, -0.2) is 48.2 Å². The Kier molecular flexibility index (Phi) is 5.68. The van der Waals surface area contributed by atoms with Crippen molar-refractivity contribution >= 4 is 23.2 Å². The van der Waals surface area contributed by atoms with Crippen LogP contribution < -0.4 is 15.5 Å². The summed E-state index contributed by atoms with van der Waals surface area (Å²) in [6.07, 6.45) is 0. The van der Waals surface area contributed by atoms with Crippen molar-refractivity contribution in [1.82, 2.24) is 9.97 Å². The number of aromatic nitrogens is 2. The number of carbonyl (C=O) groups is 1. The van der Waals surface area contributed by atoms with Crippen molar-refractivity contribution in [2.45, 2.75) is 26.8 Å². The highest BCUT2D eigenvalue weighted by Crippen LogP contribution is 2.26. The van der Waals surface area contributed by atoms with Crippen LogP contribution in [0.5, 0.6) is 0 Å². The SMILES string of the molecule is Cc1cc(C(=O)Nc2ccccc2N2CCOCC2)nc(NC(C)C)n1. The van der Waals surface area contributed by atoms with E-state index in [1.807, 2.05) is 45.0 Å². The lowest BCUT2D eigenvalue weighted by atomic mass is 10.2. The van der Waals surface area contributed by atoms with Crippen LogP contribution in [-0.2, 0) is 4.74 Å². The first kappa shape index (κ1) is 18.1. The molecule has 26 heavy (non-hydrogen) atoms.